The number of anilines is 1. The van der Waals surface area contributed by atoms with E-state index in [4.69, 9.17) is 18.7 Å². The van der Waals surface area contributed by atoms with Crippen molar-refractivity contribution in [3.8, 4) is 11.5 Å². The fraction of sp³-hybridized carbons (Fsp3) is 0.609. The van der Waals surface area contributed by atoms with Crippen molar-refractivity contribution in [2.75, 3.05) is 38.3 Å². The van der Waals surface area contributed by atoms with Gasteiger partial charge in [-0.25, -0.2) is 4.79 Å². The van der Waals surface area contributed by atoms with E-state index in [0.717, 1.165) is 19.4 Å². The second-order valence-corrected chi connectivity index (χ2v) is 8.66. The molecule has 0 radical (unpaired) electrons. The number of likely N-dealkylation sites (tertiary alicyclic amines) is 1. The zero-order valence-corrected chi connectivity index (χ0v) is 18.3. The van der Waals surface area contributed by atoms with Gasteiger partial charge in [-0.15, -0.1) is 0 Å². The average molecular weight is 443 g/mol. The molecular weight excluding hydrogens is 412 g/mol. The Labute approximate surface area is 187 Å². The van der Waals surface area contributed by atoms with Crippen molar-refractivity contribution in [3.05, 3.63) is 29.9 Å². The van der Waals surface area contributed by atoms with Crippen molar-refractivity contribution in [2.24, 2.45) is 5.92 Å². The molecule has 1 unspecified atom stereocenters. The summed E-state index contributed by atoms with van der Waals surface area (Å²) < 4.78 is 22.5. The molecule has 9 heteroatoms. The Morgan fingerprint density at radius 3 is 2.84 bits per heavy atom. The van der Waals surface area contributed by atoms with E-state index in [2.05, 4.69) is 15.5 Å². The van der Waals surface area contributed by atoms with Crippen LogP contribution in [0.1, 0.15) is 56.3 Å². The highest BCUT2D eigenvalue weighted by Crippen LogP contribution is 2.34. The summed E-state index contributed by atoms with van der Waals surface area (Å²) in [5.74, 6) is 3.16. The molecule has 0 bridgehead atoms. The van der Waals surface area contributed by atoms with E-state index < -0.39 is 0 Å². The molecule has 1 aliphatic carbocycles. The van der Waals surface area contributed by atoms with Gasteiger partial charge in [0.05, 0.1) is 6.61 Å². The van der Waals surface area contributed by atoms with Gasteiger partial charge >= 0.3 is 6.03 Å². The Bertz CT molecular complexity index is 927. The highest BCUT2D eigenvalue weighted by Gasteiger charge is 2.34. The van der Waals surface area contributed by atoms with Crippen LogP contribution in [-0.2, 0) is 11.2 Å². The van der Waals surface area contributed by atoms with Crippen LogP contribution in [0, 0.1) is 5.92 Å². The maximum Gasteiger partial charge on any atom is 0.322 e. The predicted octanol–water partition coefficient (Wildman–Crippen LogP) is 3.96. The summed E-state index contributed by atoms with van der Waals surface area (Å²) in [7, 11) is 0. The number of rotatable bonds is 7. The van der Waals surface area contributed by atoms with Crippen molar-refractivity contribution in [3.63, 3.8) is 0 Å². The van der Waals surface area contributed by atoms with Crippen LogP contribution in [0.15, 0.2) is 22.7 Å². The number of ether oxygens (including phenoxy) is 3. The van der Waals surface area contributed by atoms with E-state index >= 15 is 0 Å². The Morgan fingerprint density at radius 2 is 1.97 bits per heavy atom. The SMILES string of the molecule is O=C(Nc1ccc2c(c1)OCCO2)N1CCCC1c1nc(CCOCC2CCCC2)no1. The Balaban J connectivity index is 1.15. The first-order chi connectivity index (χ1) is 15.8. The summed E-state index contributed by atoms with van der Waals surface area (Å²) in [5, 5.41) is 7.05. The fourth-order valence-electron chi connectivity index (χ4n) is 4.68. The number of nitrogens with one attached hydrogen (secondary N) is 1. The molecule has 2 aliphatic heterocycles. The lowest BCUT2D eigenvalue weighted by atomic mass is 10.1. The van der Waals surface area contributed by atoms with Crippen LogP contribution in [0.2, 0.25) is 0 Å². The summed E-state index contributed by atoms with van der Waals surface area (Å²) in [4.78, 5) is 19.2. The minimum atomic E-state index is -0.215. The molecule has 1 saturated carbocycles. The second kappa shape index (κ2) is 9.77. The number of amides is 2. The molecule has 172 valence electrons. The van der Waals surface area contributed by atoms with Gasteiger partial charge in [0, 0.05) is 31.3 Å². The van der Waals surface area contributed by atoms with Gasteiger partial charge in [0.1, 0.15) is 19.3 Å². The molecule has 9 nitrogen and oxygen atoms in total. The molecule has 0 spiro atoms. The van der Waals surface area contributed by atoms with Crippen LogP contribution in [-0.4, -0.2) is 54.0 Å². The van der Waals surface area contributed by atoms with Crippen LogP contribution in [0.25, 0.3) is 0 Å². The fourth-order valence-corrected chi connectivity index (χ4v) is 4.68. The van der Waals surface area contributed by atoms with Crippen LogP contribution >= 0.6 is 0 Å². The van der Waals surface area contributed by atoms with Crippen molar-refractivity contribution in [1.29, 1.82) is 0 Å². The molecule has 32 heavy (non-hydrogen) atoms. The monoisotopic (exact) mass is 442 g/mol. The Kier molecular flexibility index (Phi) is 6.43. The van der Waals surface area contributed by atoms with Crippen LogP contribution in [0.3, 0.4) is 0 Å². The van der Waals surface area contributed by atoms with Crippen molar-refractivity contribution in [2.45, 2.75) is 51.0 Å². The number of fused-ring (bicyclic) bond motifs is 1. The smallest absolute Gasteiger partial charge is 0.322 e. The number of benzene rings is 1. The molecular formula is C23H30N4O5. The Morgan fingerprint density at radius 1 is 1.12 bits per heavy atom. The first-order valence-electron chi connectivity index (χ1n) is 11.6. The maximum absolute atomic E-state index is 12.9. The molecule has 3 heterocycles. The van der Waals surface area contributed by atoms with Gasteiger partial charge in [0.2, 0.25) is 5.89 Å². The zero-order valence-electron chi connectivity index (χ0n) is 18.3. The average Bonchev–Trinajstić information content (AvgIpc) is 3.58. The van der Waals surface area contributed by atoms with Crippen molar-refractivity contribution >= 4 is 11.7 Å². The van der Waals surface area contributed by atoms with E-state index in [9.17, 15) is 4.79 Å². The molecule has 1 aromatic carbocycles. The number of nitrogens with zero attached hydrogens (tertiary/aromatic N) is 3. The van der Waals surface area contributed by atoms with Gasteiger partial charge in [0.25, 0.3) is 0 Å². The molecule has 1 aromatic heterocycles. The van der Waals surface area contributed by atoms with E-state index in [0.29, 0.717) is 67.6 Å². The van der Waals surface area contributed by atoms with Crippen molar-refractivity contribution < 1.29 is 23.5 Å². The van der Waals surface area contributed by atoms with E-state index in [1.165, 1.54) is 25.7 Å². The van der Waals surface area contributed by atoms with Crippen LogP contribution in [0.4, 0.5) is 10.5 Å². The summed E-state index contributed by atoms with van der Waals surface area (Å²) in [6.45, 7) is 3.09. The minimum absolute atomic E-state index is 0.191. The quantitative estimate of drug-likeness (QED) is 0.648. The lowest BCUT2D eigenvalue weighted by molar-refractivity contribution is 0.102. The first kappa shape index (κ1) is 21.1. The van der Waals surface area contributed by atoms with Gasteiger partial charge in [-0.3, -0.25) is 0 Å². The van der Waals surface area contributed by atoms with E-state index in [1.807, 2.05) is 12.1 Å². The van der Waals surface area contributed by atoms with Crippen molar-refractivity contribution in [1.82, 2.24) is 15.0 Å². The zero-order chi connectivity index (χ0) is 21.8. The number of hydrogen-bond donors (Lipinski definition) is 1. The molecule has 3 aliphatic rings. The first-order valence-corrected chi connectivity index (χ1v) is 11.6. The molecule has 2 amide bonds. The highest BCUT2D eigenvalue weighted by atomic mass is 16.6. The molecule has 2 fully saturated rings. The lowest BCUT2D eigenvalue weighted by Crippen LogP contribution is -2.34. The van der Waals surface area contributed by atoms with E-state index in [-0.39, 0.29) is 12.1 Å². The predicted molar refractivity (Wildman–Crippen MR) is 116 cm³/mol. The Hall–Kier alpha value is -2.81. The number of hydrogen-bond acceptors (Lipinski definition) is 7. The molecule has 1 saturated heterocycles. The van der Waals surface area contributed by atoms with Gasteiger partial charge < -0.3 is 29.0 Å². The molecule has 5 rings (SSSR count). The van der Waals surface area contributed by atoms with Gasteiger partial charge in [0.15, 0.2) is 17.3 Å². The summed E-state index contributed by atoms with van der Waals surface area (Å²) in [5.41, 5.74) is 0.663. The molecule has 1 atom stereocenters. The number of aromatic nitrogens is 2. The van der Waals surface area contributed by atoms with Gasteiger partial charge in [-0.2, -0.15) is 4.98 Å². The van der Waals surface area contributed by atoms with Crippen LogP contribution < -0.4 is 14.8 Å². The summed E-state index contributed by atoms with van der Waals surface area (Å²) in [6, 6.07) is 5.00. The minimum Gasteiger partial charge on any atom is -0.486 e. The molecule has 2 aromatic rings. The van der Waals surface area contributed by atoms with Gasteiger partial charge in [-0.05, 0) is 43.7 Å². The third-order valence-electron chi connectivity index (χ3n) is 6.37. The normalized spacial score (nSPS) is 20.6. The lowest BCUT2D eigenvalue weighted by Gasteiger charge is -2.23. The van der Waals surface area contributed by atoms with Crippen LogP contribution in [0.5, 0.6) is 11.5 Å². The highest BCUT2D eigenvalue weighted by molar-refractivity contribution is 5.90. The number of urea groups is 1. The summed E-state index contributed by atoms with van der Waals surface area (Å²) in [6.07, 6.45) is 7.50. The van der Waals surface area contributed by atoms with E-state index in [1.54, 1.807) is 11.0 Å². The largest absolute Gasteiger partial charge is 0.486 e. The topological polar surface area (TPSA) is 99.0 Å². The number of carbonyl (C=O) groups is 1. The standard InChI is InChI=1S/C23H30N4O5/c28-23(24-17-7-8-19-20(14-17)31-13-12-30-19)27-10-3-6-18(27)22-25-21(26-32-22)9-11-29-15-16-4-1-2-5-16/h7-8,14,16,18H,1-6,9-13,15H2,(H,24,28). The van der Waals surface area contributed by atoms with Gasteiger partial charge in [-0.1, -0.05) is 18.0 Å². The molecule has 1 N–H and O–H groups in total. The summed E-state index contributed by atoms with van der Waals surface area (Å²) >= 11 is 0. The third kappa shape index (κ3) is 4.82. The maximum atomic E-state index is 12.9. The third-order valence-corrected chi connectivity index (χ3v) is 6.37. The second-order valence-electron chi connectivity index (χ2n) is 8.66. The number of carbonyl (C=O) groups excluding carboxylic acids is 1.